The van der Waals surface area contributed by atoms with Gasteiger partial charge in [0.1, 0.15) is 0 Å². The van der Waals surface area contributed by atoms with Gasteiger partial charge in [0.15, 0.2) is 0 Å². The van der Waals surface area contributed by atoms with E-state index in [1.165, 1.54) is 10.9 Å². The van der Waals surface area contributed by atoms with Crippen molar-refractivity contribution >= 4 is 11.9 Å². The molecule has 92 valence electrons. The maximum Gasteiger partial charge on any atom is 0.305 e. The molecule has 2 heterocycles. The second kappa shape index (κ2) is 4.99. The quantitative estimate of drug-likeness (QED) is 0.831. The van der Waals surface area contributed by atoms with Gasteiger partial charge in [-0.25, -0.2) is 0 Å². The van der Waals surface area contributed by atoms with Crippen LogP contribution in [0.5, 0.6) is 0 Å². The van der Waals surface area contributed by atoms with Crippen molar-refractivity contribution < 1.29 is 14.7 Å². The van der Waals surface area contributed by atoms with Crippen molar-refractivity contribution in [1.29, 1.82) is 0 Å². The topological polar surface area (TPSA) is 75.4 Å². The van der Waals surface area contributed by atoms with Crippen LogP contribution >= 0.6 is 0 Å². The van der Waals surface area contributed by atoms with Crippen molar-refractivity contribution in [2.24, 2.45) is 0 Å². The van der Waals surface area contributed by atoms with E-state index in [2.05, 4.69) is 5.10 Å². The molecular formula is C11H15N3O3. The largest absolute Gasteiger partial charge is 0.481 e. The summed E-state index contributed by atoms with van der Waals surface area (Å²) in [6.45, 7) is 1.90. The summed E-state index contributed by atoms with van der Waals surface area (Å²) in [5.74, 6) is -0.878. The Hall–Kier alpha value is -1.85. The highest BCUT2D eigenvalue weighted by Gasteiger charge is 2.20. The van der Waals surface area contributed by atoms with Crippen LogP contribution in [-0.4, -0.2) is 44.8 Å². The van der Waals surface area contributed by atoms with Gasteiger partial charge in [-0.05, 0) is 12.8 Å². The number of carboxylic acids is 1. The Morgan fingerprint density at radius 1 is 1.35 bits per heavy atom. The fourth-order valence-corrected chi connectivity index (χ4v) is 1.91. The molecule has 0 aromatic carbocycles. The van der Waals surface area contributed by atoms with E-state index in [9.17, 15) is 9.59 Å². The lowest BCUT2D eigenvalue weighted by Gasteiger charge is -2.13. The molecule has 1 aliphatic heterocycles. The number of aromatic nitrogens is 2. The molecule has 1 aliphatic rings. The van der Waals surface area contributed by atoms with Gasteiger partial charge in [0, 0.05) is 19.3 Å². The van der Waals surface area contributed by atoms with Gasteiger partial charge in [-0.3, -0.25) is 14.3 Å². The van der Waals surface area contributed by atoms with E-state index in [0.29, 0.717) is 12.1 Å². The lowest BCUT2D eigenvalue weighted by atomic mass is 10.3. The Kier molecular flexibility index (Phi) is 3.41. The third kappa shape index (κ3) is 2.83. The van der Waals surface area contributed by atoms with Gasteiger partial charge in [-0.15, -0.1) is 0 Å². The van der Waals surface area contributed by atoms with E-state index in [1.807, 2.05) is 0 Å². The molecule has 0 atom stereocenters. The second-order valence-electron chi connectivity index (χ2n) is 4.14. The highest BCUT2D eigenvalue weighted by molar-refractivity contribution is 5.93. The summed E-state index contributed by atoms with van der Waals surface area (Å²) in [6.07, 6.45) is 5.24. The molecular weight excluding hydrogens is 222 g/mol. The number of carboxylic acid groups (broad SMARTS) is 1. The highest BCUT2D eigenvalue weighted by Crippen LogP contribution is 2.12. The highest BCUT2D eigenvalue weighted by atomic mass is 16.4. The molecule has 0 saturated carbocycles. The zero-order chi connectivity index (χ0) is 12.3. The van der Waals surface area contributed by atoms with Gasteiger partial charge < -0.3 is 10.0 Å². The maximum atomic E-state index is 12.0. The minimum atomic E-state index is -0.868. The number of carbonyl (C=O) groups is 2. The molecule has 0 radical (unpaired) electrons. The lowest BCUT2D eigenvalue weighted by molar-refractivity contribution is -0.137. The second-order valence-corrected chi connectivity index (χ2v) is 4.14. The molecule has 2 rings (SSSR count). The van der Waals surface area contributed by atoms with Gasteiger partial charge in [0.25, 0.3) is 5.91 Å². The van der Waals surface area contributed by atoms with E-state index in [4.69, 9.17) is 5.11 Å². The summed E-state index contributed by atoms with van der Waals surface area (Å²) < 4.78 is 1.50. The van der Waals surface area contributed by atoms with Crippen LogP contribution in [0.1, 0.15) is 29.6 Å². The smallest absolute Gasteiger partial charge is 0.305 e. The van der Waals surface area contributed by atoms with Crippen LogP contribution in [0.2, 0.25) is 0 Å². The number of aryl methyl sites for hydroxylation is 1. The monoisotopic (exact) mass is 237 g/mol. The fraction of sp³-hybridized carbons (Fsp3) is 0.545. The first-order valence-electron chi connectivity index (χ1n) is 5.70. The molecule has 1 N–H and O–H groups in total. The third-order valence-electron chi connectivity index (χ3n) is 2.83. The number of amides is 1. The number of hydrogen-bond acceptors (Lipinski definition) is 3. The van der Waals surface area contributed by atoms with Crippen molar-refractivity contribution in [3.05, 3.63) is 18.0 Å². The molecule has 0 aliphatic carbocycles. The molecule has 6 heteroatoms. The lowest BCUT2D eigenvalue weighted by Crippen LogP contribution is -2.27. The van der Waals surface area contributed by atoms with Crippen molar-refractivity contribution in [1.82, 2.24) is 14.7 Å². The predicted molar refractivity (Wildman–Crippen MR) is 59.6 cm³/mol. The zero-order valence-corrected chi connectivity index (χ0v) is 9.50. The number of carbonyl (C=O) groups excluding carboxylic acids is 1. The van der Waals surface area contributed by atoms with Crippen molar-refractivity contribution in [3.8, 4) is 0 Å². The number of likely N-dealkylation sites (tertiary alicyclic amines) is 1. The van der Waals surface area contributed by atoms with E-state index >= 15 is 0 Å². The van der Waals surface area contributed by atoms with Crippen LogP contribution in [0.25, 0.3) is 0 Å². The standard InChI is InChI=1S/C11H15N3O3/c15-10(16)3-6-14-8-9(7-12-14)11(17)13-4-1-2-5-13/h7-8H,1-6H2,(H,15,16). The summed E-state index contributed by atoms with van der Waals surface area (Å²) in [5.41, 5.74) is 0.539. The molecule has 0 spiro atoms. The van der Waals surface area contributed by atoms with Gasteiger partial charge in [0.05, 0.1) is 24.7 Å². The molecule has 1 amide bonds. The Morgan fingerprint density at radius 3 is 2.71 bits per heavy atom. The van der Waals surface area contributed by atoms with Crippen LogP contribution in [0.3, 0.4) is 0 Å². The van der Waals surface area contributed by atoms with Gasteiger partial charge in [-0.2, -0.15) is 5.10 Å². The number of aliphatic carboxylic acids is 1. The molecule has 17 heavy (non-hydrogen) atoms. The van der Waals surface area contributed by atoms with E-state index in [-0.39, 0.29) is 12.3 Å². The Morgan fingerprint density at radius 2 is 2.06 bits per heavy atom. The van der Waals surface area contributed by atoms with Crippen molar-refractivity contribution in [2.75, 3.05) is 13.1 Å². The minimum Gasteiger partial charge on any atom is -0.481 e. The SMILES string of the molecule is O=C(O)CCn1cc(C(=O)N2CCCC2)cn1. The van der Waals surface area contributed by atoms with E-state index < -0.39 is 5.97 Å². The van der Waals surface area contributed by atoms with E-state index in [1.54, 1.807) is 11.1 Å². The van der Waals surface area contributed by atoms with Gasteiger partial charge in [-0.1, -0.05) is 0 Å². The Labute approximate surface area is 98.8 Å². The number of nitrogens with zero attached hydrogens (tertiary/aromatic N) is 3. The summed E-state index contributed by atoms with van der Waals surface area (Å²) in [5, 5.41) is 12.5. The third-order valence-corrected chi connectivity index (χ3v) is 2.83. The number of rotatable bonds is 4. The normalized spacial score (nSPS) is 15.2. The van der Waals surface area contributed by atoms with Crippen molar-refractivity contribution in [3.63, 3.8) is 0 Å². The molecule has 1 aromatic heterocycles. The van der Waals surface area contributed by atoms with Crippen LogP contribution < -0.4 is 0 Å². The fourth-order valence-electron chi connectivity index (χ4n) is 1.91. The first-order valence-corrected chi connectivity index (χ1v) is 5.70. The molecule has 0 bridgehead atoms. The van der Waals surface area contributed by atoms with Gasteiger partial charge >= 0.3 is 5.97 Å². The molecule has 1 fully saturated rings. The first-order chi connectivity index (χ1) is 8.16. The zero-order valence-electron chi connectivity index (χ0n) is 9.50. The van der Waals surface area contributed by atoms with Gasteiger partial charge in [0.2, 0.25) is 0 Å². The van der Waals surface area contributed by atoms with Crippen LogP contribution in [0.4, 0.5) is 0 Å². The van der Waals surface area contributed by atoms with Crippen LogP contribution in [0, 0.1) is 0 Å². The Balaban J connectivity index is 1.97. The maximum absolute atomic E-state index is 12.0. The van der Waals surface area contributed by atoms with E-state index in [0.717, 1.165) is 25.9 Å². The molecule has 1 aromatic rings. The summed E-state index contributed by atoms with van der Waals surface area (Å²) in [4.78, 5) is 24.2. The van der Waals surface area contributed by atoms with Crippen LogP contribution in [0.15, 0.2) is 12.4 Å². The molecule has 1 saturated heterocycles. The molecule has 0 unspecified atom stereocenters. The molecule has 6 nitrogen and oxygen atoms in total. The summed E-state index contributed by atoms with van der Waals surface area (Å²) >= 11 is 0. The number of hydrogen-bond donors (Lipinski definition) is 1. The Bertz CT molecular complexity index is 421. The average molecular weight is 237 g/mol. The van der Waals surface area contributed by atoms with Crippen molar-refractivity contribution in [2.45, 2.75) is 25.8 Å². The summed E-state index contributed by atoms with van der Waals surface area (Å²) in [7, 11) is 0. The van der Waals surface area contributed by atoms with Crippen LogP contribution in [-0.2, 0) is 11.3 Å². The average Bonchev–Trinajstić information content (AvgIpc) is 2.97. The predicted octanol–water partition coefficient (Wildman–Crippen LogP) is 0.594. The minimum absolute atomic E-state index is 0.0101. The first kappa shape index (κ1) is 11.6. The summed E-state index contributed by atoms with van der Waals surface area (Å²) in [6, 6.07) is 0.